The highest BCUT2D eigenvalue weighted by atomic mass is 32.1. The smallest absolute Gasteiger partial charge is 0.417 e. The number of likely N-dealkylation sites (tertiary alicyclic amines) is 1. The Morgan fingerprint density at radius 2 is 1.81 bits per heavy atom. The summed E-state index contributed by atoms with van der Waals surface area (Å²) in [5, 5.41) is 9.14. The van der Waals surface area contributed by atoms with E-state index < -0.39 is 28.7 Å². The molecule has 1 amide bonds. The average Bonchev–Trinajstić information content (AvgIpc) is 3.42. The van der Waals surface area contributed by atoms with E-state index in [1.807, 2.05) is 0 Å². The molecule has 37 heavy (non-hydrogen) atoms. The van der Waals surface area contributed by atoms with E-state index in [-0.39, 0.29) is 16.9 Å². The number of thiocarbonyl (C=S) groups is 1. The van der Waals surface area contributed by atoms with Crippen LogP contribution >= 0.6 is 12.2 Å². The number of fused-ring (bicyclic) bond motifs is 1. The fourth-order valence-electron chi connectivity index (χ4n) is 5.04. The van der Waals surface area contributed by atoms with Crippen LogP contribution in [0.5, 0.6) is 11.5 Å². The van der Waals surface area contributed by atoms with Crippen LogP contribution in [0, 0.1) is 11.3 Å². The summed E-state index contributed by atoms with van der Waals surface area (Å²) in [4.78, 5) is 18.4. The number of halogens is 3. The lowest BCUT2D eigenvalue weighted by atomic mass is 10.0. The Hall–Kier alpha value is -3.36. The molecule has 11 heteroatoms. The van der Waals surface area contributed by atoms with Gasteiger partial charge in [-0.1, -0.05) is 0 Å². The van der Waals surface area contributed by atoms with Gasteiger partial charge in [0, 0.05) is 18.3 Å². The van der Waals surface area contributed by atoms with Crippen molar-refractivity contribution in [2.24, 2.45) is 0 Å². The summed E-state index contributed by atoms with van der Waals surface area (Å²) in [6.07, 6.45) is -2.47. The number of anilines is 2. The molecule has 0 aromatic heterocycles. The molecule has 2 aromatic rings. The van der Waals surface area contributed by atoms with Crippen LogP contribution in [-0.4, -0.2) is 53.8 Å². The quantitative estimate of drug-likeness (QED) is 0.530. The molecule has 2 fully saturated rings. The molecule has 0 N–H and O–H groups in total. The van der Waals surface area contributed by atoms with E-state index in [0.717, 1.165) is 36.7 Å². The third-order valence-electron chi connectivity index (χ3n) is 6.92. The maximum atomic E-state index is 13.6. The molecule has 0 radical (unpaired) electrons. The number of benzene rings is 2. The predicted molar refractivity (Wildman–Crippen MR) is 135 cm³/mol. The molecule has 3 aliphatic rings. The second-order valence-electron chi connectivity index (χ2n) is 9.85. The van der Waals surface area contributed by atoms with Crippen LogP contribution in [0.2, 0.25) is 0 Å². The summed E-state index contributed by atoms with van der Waals surface area (Å²) in [7, 11) is 0. The van der Waals surface area contributed by atoms with E-state index in [1.165, 1.54) is 18.9 Å². The number of ether oxygens (including phenoxy) is 2. The van der Waals surface area contributed by atoms with Crippen molar-refractivity contribution in [1.29, 1.82) is 5.26 Å². The molecule has 0 saturated carbocycles. The van der Waals surface area contributed by atoms with Crippen molar-refractivity contribution in [3.63, 3.8) is 0 Å². The minimum atomic E-state index is -4.76. The number of nitriles is 1. The topological polar surface area (TPSA) is 69.0 Å². The minimum Gasteiger partial charge on any atom is -0.486 e. The number of nitrogens with zero attached hydrogens (tertiary/aromatic N) is 4. The number of alkyl halides is 3. The summed E-state index contributed by atoms with van der Waals surface area (Å²) in [5.41, 5.74) is -2.34. The minimum absolute atomic E-state index is 0.0245. The first-order valence-electron chi connectivity index (χ1n) is 12.0. The van der Waals surface area contributed by atoms with Gasteiger partial charge in [0.25, 0.3) is 5.91 Å². The lowest BCUT2D eigenvalue weighted by molar-refractivity contribution is -0.137. The van der Waals surface area contributed by atoms with Gasteiger partial charge >= 0.3 is 6.18 Å². The molecule has 0 aliphatic carbocycles. The summed E-state index contributed by atoms with van der Waals surface area (Å²) in [5.74, 6) is 0.612. The first-order valence-corrected chi connectivity index (χ1v) is 12.4. The van der Waals surface area contributed by atoms with Crippen LogP contribution in [0.15, 0.2) is 36.4 Å². The Labute approximate surface area is 217 Å². The largest absolute Gasteiger partial charge is 0.486 e. The van der Waals surface area contributed by atoms with Crippen molar-refractivity contribution >= 4 is 34.6 Å². The second kappa shape index (κ2) is 9.19. The third kappa shape index (κ3) is 4.49. The first-order chi connectivity index (χ1) is 17.5. The van der Waals surface area contributed by atoms with Gasteiger partial charge in [-0.2, -0.15) is 18.4 Å². The lowest BCUT2D eigenvalue weighted by Crippen LogP contribution is -2.44. The standard InChI is InChI=1S/C26H25F3N4O3S/c1-25(2)23(34)32(17-6-5-16(13-30)20(11-17)26(27,28)29)24(37)33(25)18-7-8-21-22(12-18)35-15-19(36-21)14-31-9-3-4-10-31/h5-8,11-12,19H,3-4,9-10,14-15H2,1-2H3/t19-/m0/s1. The van der Waals surface area contributed by atoms with Crippen molar-refractivity contribution < 1.29 is 27.4 Å². The molecule has 2 aromatic carbocycles. The fourth-order valence-corrected chi connectivity index (χ4v) is 5.57. The molecular weight excluding hydrogens is 505 g/mol. The summed E-state index contributed by atoms with van der Waals surface area (Å²) < 4.78 is 52.8. The second-order valence-corrected chi connectivity index (χ2v) is 10.2. The Kier molecular flexibility index (Phi) is 6.28. The summed E-state index contributed by atoms with van der Waals surface area (Å²) in [6.45, 7) is 6.59. The molecule has 3 heterocycles. The number of carbonyl (C=O) groups excluding carboxylic acids is 1. The molecule has 0 spiro atoms. The molecule has 0 bridgehead atoms. The molecule has 1 atom stereocenters. The monoisotopic (exact) mass is 530 g/mol. The molecule has 7 nitrogen and oxygen atoms in total. The highest BCUT2D eigenvalue weighted by Gasteiger charge is 2.51. The van der Waals surface area contributed by atoms with Gasteiger partial charge in [0.1, 0.15) is 18.2 Å². The predicted octanol–water partition coefficient (Wildman–Crippen LogP) is 4.73. The zero-order chi connectivity index (χ0) is 26.5. The van der Waals surface area contributed by atoms with Crippen LogP contribution in [0.4, 0.5) is 24.5 Å². The summed E-state index contributed by atoms with van der Waals surface area (Å²) >= 11 is 5.61. The van der Waals surface area contributed by atoms with E-state index in [1.54, 1.807) is 43.0 Å². The highest BCUT2D eigenvalue weighted by molar-refractivity contribution is 7.81. The van der Waals surface area contributed by atoms with Gasteiger partial charge in [-0.05, 0) is 82.3 Å². The molecular formula is C26H25F3N4O3S. The van der Waals surface area contributed by atoms with Gasteiger partial charge in [-0.15, -0.1) is 0 Å². The normalized spacial score (nSPS) is 21.5. The number of hydrogen-bond donors (Lipinski definition) is 0. The molecule has 5 rings (SSSR count). The first kappa shape index (κ1) is 25.3. The van der Waals surface area contributed by atoms with E-state index in [2.05, 4.69) is 4.90 Å². The van der Waals surface area contributed by atoms with E-state index >= 15 is 0 Å². The molecule has 3 aliphatic heterocycles. The molecule has 0 unspecified atom stereocenters. The van der Waals surface area contributed by atoms with Crippen molar-refractivity contribution in [1.82, 2.24) is 4.90 Å². The number of carbonyl (C=O) groups is 1. The third-order valence-corrected chi connectivity index (χ3v) is 7.28. The Balaban J connectivity index is 1.43. The van der Waals surface area contributed by atoms with Crippen molar-refractivity contribution in [3.8, 4) is 17.6 Å². The lowest BCUT2D eigenvalue weighted by Gasteiger charge is -2.32. The fraction of sp³-hybridized carbons (Fsp3) is 0.423. The van der Waals surface area contributed by atoms with E-state index in [0.29, 0.717) is 23.8 Å². The Bertz CT molecular complexity index is 1300. The summed E-state index contributed by atoms with van der Waals surface area (Å²) in [6, 6.07) is 9.92. The van der Waals surface area contributed by atoms with Gasteiger partial charge in [0.2, 0.25) is 0 Å². The number of rotatable bonds is 4. The maximum Gasteiger partial charge on any atom is 0.417 e. The van der Waals surface area contributed by atoms with Gasteiger partial charge in [0.15, 0.2) is 16.6 Å². The average molecular weight is 531 g/mol. The Morgan fingerprint density at radius 3 is 2.49 bits per heavy atom. The number of amides is 1. The van der Waals surface area contributed by atoms with Gasteiger partial charge in [-0.25, -0.2) is 0 Å². The van der Waals surface area contributed by atoms with Crippen molar-refractivity contribution in [3.05, 3.63) is 47.5 Å². The maximum absolute atomic E-state index is 13.6. The van der Waals surface area contributed by atoms with Crippen molar-refractivity contribution in [2.75, 3.05) is 36.0 Å². The zero-order valence-electron chi connectivity index (χ0n) is 20.3. The van der Waals surface area contributed by atoms with Gasteiger partial charge in [-0.3, -0.25) is 14.6 Å². The van der Waals surface area contributed by atoms with Crippen LogP contribution in [0.1, 0.15) is 37.8 Å². The molecule has 2 saturated heterocycles. The van der Waals surface area contributed by atoms with Crippen molar-refractivity contribution in [2.45, 2.75) is 44.5 Å². The van der Waals surface area contributed by atoms with Crippen LogP contribution < -0.4 is 19.3 Å². The number of hydrogen-bond acceptors (Lipinski definition) is 6. The Morgan fingerprint density at radius 1 is 1.11 bits per heavy atom. The van der Waals surface area contributed by atoms with E-state index in [9.17, 15) is 18.0 Å². The van der Waals surface area contributed by atoms with Gasteiger partial charge < -0.3 is 14.4 Å². The van der Waals surface area contributed by atoms with Crippen LogP contribution in [-0.2, 0) is 11.0 Å². The van der Waals surface area contributed by atoms with Crippen LogP contribution in [0.25, 0.3) is 0 Å². The van der Waals surface area contributed by atoms with Crippen LogP contribution in [0.3, 0.4) is 0 Å². The SMILES string of the molecule is CC1(C)C(=O)N(c2ccc(C#N)c(C(F)(F)F)c2)C(=S)N1c1ccc2c(c1)OC[C@H](CN1CCCC1)O2. The van der Waals surface area contributed by atoms with Gasteiger partial charge in [0.05, 0.1) is 22.9 Å². The zero-order valence-corrected chi connectivity index (χ0v) is 21.2. The van der Waals surface area contributed by atoms with E-state index in [4.69, 9.17) is 27.0 Å². The highest BCUT2D eigenvalue weighted by Crippen LogP contribution is 2.42. The molecule has 194 valence electrons.